The smallest absolute Gasteiger partial charge is 0.127 e. The van der Waals surface area contributed by atoms with Crippen LogP contribution in [-0.2, 0) is 6.42 Å². The predicted molar refractivity (Wildman–Crippen MR) is 48.5 cm³/mol. The first-order chi connectivity index (χ1) is 5.84. The maximum absolute atomic E-state index is 13.0. The summed E-state index contributed by atoms with van der Waals surface area (Å²) in [7, 11) is 0. The zero-order chi connectivity index (χ0) is 8.81. The molecule has 0 saturated heterocycles. The molecule has 0 nitrogen and oxygen atoms in total. The van der Waals surface area contributed by atoms with Crippen LogP contribution >= 0.6 is 0 Å². The third-order valence-corrected chi connectivity index (χ3v) is 1.91. The second-order valence-corrected chi connectivity index (χ2v) is 2.95. The van der Waals surface area contributed by atoms with Crippen LogP contribution in [0, 0.1) is 11.9 Å². The minimum atomic E-state index is -0.117. The van der Waals surface area contributed by atoms with Crippen molar-refractivity contribution in [1.29, 1.82) is 0 Å². The standard InChI is InChI=1S/C11H14F/c1-2-3-4-7-10-8-5-6-9-11(10)12/h5-6,9H,2-4,7H2,1H3. The molecule has 1 aromatic carbocycles. The van der Waals surface area contributed by atoms with Crippen molar-refractivity contribution in [2.24, 2.45) is 0 Å². The van der Waals surface area contributed by atoms with Crippen LogP contribution in [-0.4, -0.2) is 0 Å². The van der Waals surface area contributed by atoms with Crippen LogP contribution in [0.25, 0.3) is 0 Å². The number of rotatable bonds is 4. The molecule has 0 fully saturated rings. The molecule has 65 valence electrons. The highest BCUT2D eigenvalue weighted by atomic mass is 19.1. The van der Waals surface area contributed by atoms with Gasteiger partial charge in [-0.25, -0.2) is 4.39 Å². The van der Waals surface area contributed by atoms with E-state index in [1.165, 1.54) is 18.9 Å². The predicted octanol–water partition coefficient (Wildman–Crippen LogP) is 3.36. The lowest BCUT2D eigenvalue weighted by atomic mass is 10.1. The van der Waals surface area contributed by atoms with Gasteiger partial charge in [0.15, 0.2) is 0 Å². The Morgan fingerprint density at radius 1 is 1.42 bits per heavy atom. The van der Waals surface area contributed by atoms with Gasteiger partial charge in [-0.15, -0.1) is 0 Å². The van der Waals surface area contributed by atoms with E-state index >= 15 is 0 Å². The summed E-state index contributed by atoms with van der Waals surface area (Å²) in [5.74, 6) is -0.117. The van der Waals surface area contributed by atoms with Crippen molar-refractivity contribution >= 4 is 0 Å². The van der Waals surface area contributed by atoms with Gasteiger partial charge in [0.25, 0.3) is 0 Å². The van der Waals surface area contributed by atoms with Crippen molar-refractivity contribution < 1.29 is 4.39 Å². The largest absolute Gasteiger partial charge is 0.207 e. The molecule has 0 N–H and O–H groups in total. The van der Waals surface area contributed by atoms with Gasteiger partial charge in [-0.2, -0.15) is 0 Å². The van der Waals surface area contributed by atoms with E-state index in [0.717, 1.165) is 18.4 Å². The van der Waals surface area contributed by atoms with Crippen LogP contribution in [0.5, 0.6) is 0 Å². The fourth-order valence-electron chi connectivity index (χ4n) is 1.19. The number of halogens is 1. The Balaban J connectivity index is 2.46. The van der Waals surface area contributed by atoms with Gasteiger partial charge in [0.1, 0.15) is 5.82 Å². The molecule has 0 aliphatic rings. The topological polar surface area (TPSA) is 0 Å². The van der Waals surface area contributed by atoms with Gasteiger partial charge in [-0.1, -0.05) is 31.9 Å². The first-order valence-corrected chi connectivity index (χ1v) is 4.49. The van der Waals surface area contributed by atoms with Crippen molar-refractivity contribution in [1.82, 2.24) is 0 Å². The van der Waals surface area contributed by atoms with Gasteiger partial charge in [-0.3, -0.25) is 0 Å². The van der Waals surface area contributed by atoms with Crippen molar-refractivity contribution in [3.05, 3.63) is 35.6 Å². The molecule has 0 amide bonds. The molecular formula is C11H14F. The lowest BCUT2D eigenvalue weighted by Gasteiger charge is -2.00. The fourth-order valence-corrected chi connectivity index (χ4v) is 1.19. The van der Waals surface area contributed by atoms with Gasteiger partial charge in [-0.05, 0) is 30.5 Å². The average Bonchev–Trinajstić information content (AvgIpc) is 2.09. The van der Waals surface area contributed by atoms with Crippen LogP contribution in [0.15, 0.2) is 18.2 Å². The lowest BCUT2D eigenvalue weighted by Crippen LogP contribution is -1.89. The summed E-state index contributed by atoms with van der Waals surface area (Å²) in [6.45, 7) is 2.14. The van der Waals surface area contributed by atoms with Gasteiger partial charge >= 0.3 is 0 Å². The van der Waals surface area contributed by atoms with E-state index in [9.17, 15) is 4.39 Å². The van der Waals surface area contributed by atoms with E-state index in [4.69, 9.17) is 0 Å². The summed E-state index contributed by atoms with van der Waals surface area (Å²) < 4.78 is 13.0. The maximum atomic E-state index is 13.0. The minimum absolute atomic E-state index is 0.117. The Labute approximate surface area is 73.4 Å². The van der Waals surface area contributed by atoms with Crippen LogP contribution in [0.4, 0.5) is 4.39 Å². The van der Waals surface area contributed by atoms with Crippen LogP contribution in [0.1, 0.15) is 31.7 Å². The van der Waals surface area contributed by atoms with Crippen molar-refractivity contribution in [2.45, 2.75) is 32.6 Å². The normalized spacial score (nSPS) is 10.2. The molecule has 0 aliphatic carbocycles. The fraction of sp³-hybridized carbons (Fsp3) is 0.455. The van der Waals surface area contributed by atoms with Crippen LogP contribution in [0.3, 0.4) is 0 Å². The molecule has 0 bridgehead atoms. The number of aryl methyl sites for hydroxylation is 1. The highest BCUT2D eigenvalue weighted by molar-refractivity contribution is 5.15. The van der Waals surface area contributed by atoms with E-state index < -0.39 is 0 Å². The van der Waals surface area contributed by atoms with Crippen molar-refractivity contribution in [2.75, 3.05) is 0 Å². The lowest BCUT2D eigenvalue weighted by molar-refractivity contribution is 0.598. The number of unbranched alkanes of at least 4 members (excludes halogenated alkanes) is 2. The Morgan fingerprint density at radius 3 is 2.92 bits per heavy atom. The van der Waals surface area contributed by atoms with Gasteiger partial charge in [0.2, 0.25) is 0 Å². The van der Waals surface area contributed by atoms with Crippen LogP contribution < -0.4 is 0 Å². The molecule has 1 heteroatoms. The SMILES string of the molecule is CCCCCc1[c]cccc1F. The first-order valence-electron chi connectivity index (χ1n) is 4.49. The molecule has 1 aromatic rings. The van der Waals surface area contributed by atoms with Crippen molar-refractivity contribution in [3.8, 4) is 0 Å². The zero-order valence-corrected chi connectivity index (χ0v) is 7.44. The number of benzene rings is 1. The third-order valence-electron chi connectivity index (χ3n) is 1.91. The second-order valence-electron chi connectivity index (χ2n) is 2.95. The van der Waals surface area contributed by atoms with Crippen LogP contribution in [0.2, 0.25) is 0 Å². The Hall–Kier alpha value is -0.850. The van der Waals surface area contributed by atoms with E-state index in [1.807, 2.05) is 0 Å². The maximum Gasteiger partial charge on any atom is 0.127 e. The molecule has 12 heavy (non-hydrogen) atoms. The van der Waals surface area contributed by atoms with Gasteiger partial charge in [0, 0.05) is 0 Å². The summed E-state index contributed by atoms with van der Waals surface area (Å²) in [6, 6.07) is 7.87. The average molecular weight is 165 g/mol. The van der Waals surface area contributed by atoms with Crippen molar-refractivity contribution in [3.63, 3.8) is 0 Å². The van der Waals surface area contributed by atoms with Gasteiger partial charge in [0.05, 0.1) is 0 Å². The van der Waals surface area contributed by atoms with E-state index in [2.05, 4.69) is 13.0 Å². The van der Waals surface area contributed by atoms with E-state index in [0.29, 0.717) is 0 Å². The van der Waals surface area contributed by atoms with Gasteiger partial charge < -0.3 is 0 Å². The quantitative estimate of drug-likeness (QED) is 0.600. The number of hydrogen-bond donors (Lipinski definition) is 0. The minimum Gasteiger partial charge on any atom is -0.207 e. The highest BCUT2D eigenvalue weighted by Gasteiger charge is 1.98. The monoisotopic (exact) mass is 165 g/mol. The highest BCUT2D eigenvalue weighted by Crippen LogP contribution is 2.09. The summed E-state index contributed by atoms with van der Waals surface area (Å²) >= 11 is 0. The Morgan fingerprint density at radius 2 is 2.25 bits per heavy atom. The molecule has 1 radical (unpaired) electrons. The first kappa shape index (κ1) is 9.24. The summed E-state index contributed by atoms with van der Waals surface area (Å²) in [4.78, 5) is 0. The summed E-state index contributed by atoms with van der Waals surface area (Å²) in [6.07, 6.45) is 4.23. The summed E-state index contributed by atoms with van der Waals surface area (Å²) in [5.41, 5.74) is 0.728. The Kier molecular flexibility index (Phi) is 3.78. The van der Waals surface area contributed by atoms with E-state index in [1.54, 1.807) is 12.1 Å². The molecule has 0 saturated carbocycles. The Bertz CT molecular complexity index is 230. The summed E-state index contributed by atoms with van der Waals surface area (Å²) in [5, 5.41) is 0. The zero-order valence-electron chi connectivity index (χ0n) is 7.44. The second kappa shape index (κ2) is 4.91. The van der Waals surface area contributed by atoms with E-state index in [-0.39, 0.29) is 5.82 Å². The molecule has 0 spiro atoms. The molecule has 0 aliphatic heterocycles. The molecule has 0 atom stereocenters. The molecule has 1 rings (SSSR count). The molecule has 0 aromatic heterocycles. The number of hydrogen-bond acceptors (Lipinski definition) is 0. The third kappa shape index (κ3) is 2.65. The molecule has 0 heterocycles. The molecule has 0 unspecified atom stereocenters. The molecular weight excluding hydrogens is 151 g/mol.